The molecule has 0 unspecified atom stereocenters. The van der Waals surface area contributed by atoms with E-state index in [-0.39, 0.29) is 12.4 Å². The molecule has 0 bridgehead atoms. The van der Waals surface area contributed by atoms with Gasteiger partial charge < -0.3 is 10.5 Å². The van der Waals surface area contributed by atoms with Crippen LogP contribution < -0.4 is 10.5 Å². The molecule has 2 N–H and O–H groups in total. The number of carbonyl (C=O) groups excluding carboxylic acids is 1. The Morgan fingerprint density at radius 3 is 2.47 bits per heavy atom. The molecule has 0 heterocycles. The number of primary amides is 1. The van der Waals surface area contributed by atoms with Gasteiger partial charge in [-0.15, -0.1) is 0 Å². The largest absolute Gasteiger partial charge is 0.486 e. The molecule has 2 rings (SSSR count). The molecule has 98 valence electrons. The zero-order valence-corrected chi connectivity index (χ0v) is 11.5. The minimum absolute atomic E-state index is 0.183. The Morgan fingerprint density at radius 1 is 1.21 bits per heavy atom. The highest BCUT2D eigenvalue weighted by molar-refractivity contribution is 9.10. The Bertz CT molecular complexity index is 599. The van der Waals surface area contributed by atoms with Gasteiger partial charge in [0.1, 0.15) is 6.61 Å². The summed E-state index contributed by atoms with van der Waals surface area (Å²) in [6, 6.07) is 11.3. The molecule has 0 aromatic heterocycles. The number of halogens is 2. The van der Waals surface area contributed by atoms with Crippen LogP contribution in [0.5, 0.6) is 5.75 Å². The lowest BCUT2D eigenvalue weighted by atomic mass is 10.1. The van der Waals surface area contributed by atoms with Crippen LogP contribution in [0.4, 0.5) is 4.39 Å². The van der Waals surface area contributed by atoms with Gasteiger partial charge in [-0.3, -0.25) is 4.79 Å². The van der Waals surface area contributed by atoms with Crippen LogP contribution in [0.25, 0.3) is 0 Å². The van der Waals surface area contributed by atoms with Gasteiger partial charge in [-0.1, -0.05) is 28.1 Å². The topological polar surface area (TPSA) is 52.3 Å². The predicted octanol–water partition coefficient (Wildman–Crippen LogP) is 3.27. The normalized spacial score (nSPS) is 10.2. The molecule has 0 aliphatic carbocycles. The molecule has 2 aromatic carbocycles. The van der Waals surface area contributed by atoms with Gasteiger partial charge in [-0.2, -0.15) is 0 Å². The lowest BCUT2D eigenvalue weighted by Gasteiger charge is -2.07. The number of ether oxygens (including phenoxy) is 1. The van der Waals surface area contributed by atoms with Crippen molar-refractivity contribution in [3.05, 3.63) is 63.9 Å². The first-order valence-corrected chi connectivity index (χ1v) is 6.32. The average Bonchev–Trinajstić information content (AvgIpc) is 2.38. The maximum Gasteiger partial charge on any atom is 0.248 e. The molecule has 19 heavy (non-hydrogen) atoms. The van der Waals surface area contributed by atoms with Crippen LogP contribution in [0.2, 0.25) is 0 Å². The van der Waals surface area contributed by atoms with Crippen molar-refractivity contribution in [2.24, 2.45) is 5.73 Å². The summed E-state index contributed by atoms with van der Waals surface area (Å²) >= 11 is 3.17. The fourth-order valence-electron chi connectivity index (χ4n) is 1.52. The summed E-state index contributed by atoms with van der Waals surface area (Å²) in [5.74, 6) is -0.725. The molecule has 2 aromatic rings. The molecule has 0 radical (unpaired) electrons. The average molecular weight is 324 g/mol. The van der Waals surface area contributed by atoms with E-state index in [4.69, 9.17) is 10.5 Å². The summed E-state index contributed by atoms with van der Waals surface area (Å²) in [7, 11) is 0. The summed E-state index contributed by atoms with van der Waals surface area (Å²) in [6.07, 6.45) is 0. The van der Waals surface area contributed by atoms with Gasteiger partial charge in [0.25, 0.3) is 0 Å². The van der Waals surface area contributed by atoms with Crippen LogP contribution in [0.3, 0.4) is 0 Å². The summed E-state index contributed by atoms with van der Waals surface area (Å²) in [5, 5.41) is 0. The third-order valence-corrected chi connectivity index (χ3v) is 3.02. The van der Waals surface area contributed by atoms with Crippen molar-refractivity contribution >= 4 is 21.8 Å². The molecule has 0 aliphatic rings. The molecular formula is C14H11BrFNO2. The minimum atomic E-state index is -0.480. The number of nitrogens with two attached hydrogens (primary N) is 1. The summed E-state index contributed by atoms with van der Waals surface area (Å²) in [5.41, 5.74) is 6.39. The van der Waals surface area contributed by atoms with Crippen LogP contribution >= 0.6 is 15.9 Å². The number of amides is 1. The van der Waals surface area contributed by atoms with E-state index in [1.807, 2.05) is 0 Å². The Balaban J connectivity index is 2.04. The third-order valence-electron chi connectivity index (χ3n) is 2.53. The molecule has 1 amide bonds. The van der Waals surface area contributed by atoms with Gasteiger partial charge in [0, 0.05) is 10.0 Å². The minimum Gasteiger partial charge on any atom is -0.486 e. The van der Waals surface area contributed by atoms with E-state index < -0.39 is 11.7 Å². The van der Waals surface area contributed by atoms with Gasteiger partial charge in [-0.05, 0) is 35.9 Å². The van der Waals surface area contributed by atoms with Gasteiger partial charge >= 0.3 is 0 Å². The maximum absolute atomic E-state index is 13.5. The highest BCUT2D eigenvalue weighted by atomic mass is 79.9. The van der Waals surface area contributed by atoms with Crippen LogP contribution in [0.1, 0.15) is 15.9 Å². The number of hydrogen-bond donors (Lipinski definition) is 1. The monoisotopic (exact) mass is 323 g/mol. The van der Waals surface area contributed by atoms with E-state index in [1.165, 1.54) is 6.07 Å². The number of carbonyl (C=O) groups is 1. The molecule has 3 nitrogen and oxygen atoms in total. The summed E-state index contributed by atoms with van der Waals surface area (Å²) in [6.45, 7) is 0.220. The highest BCUT2D eigenvalue weighted by Gasteiger charge is 2.05. The number of rotatable bonds is 4. The lowest BCUT2D eigenvalue weighted by Crippen LogP contribution is -2.10. The van der Waals surface area contributed by atoms with Gasteiger partial charge in [-0.25, -0.2) is 4.39 Å². The molecule has 0 fully saturated rings. The van der Waals surface area contributed by atoms with Gasteiger partial charge in [0.15, 0.2) is 11.6 Å². The second-order valence-corrected chi connectivity index (χ2v) is 4.84. The molecule has 0 saturated carbocycles. The molecule has 0 spiro atoms. The van der Waals surface area contributed by atoms with Crippen molar-refractivity contribution in [3.63, 3.8) is 0 Å². The lowest BCUT2D eigenvalue weighted by molar-refractivity contribution is 0.1000. The van der Waals surface area contributed by atoms with Gasteiger partial charge in [0.05, 0.1) is 0 Å². The molecule has 5 heteroatoms. The predicted molar refractivity (Wildman–Crippen MR) is 73.4 cm³/mol. The Labute approximate surface area is 118 Å². The van der Waals surface area contributed by atoms with Crippen LogP contribution in [-0.4, -0.2) is 5.91 Å². The first kappa shape index (κ1) is 13.5. The fourth-order valence-corrected chi connectivity index (χ4v) is 1.85. The van der Waals surface area contributed by atoms with Crippen molar-refractivity contribution in [1.29, 1.82) is 0 Å². The second-order valence-electron chi connectivity index (χ2n) is 3.92. The van der Waals surface area contributed by atoms with Crippen molar-refractivity contribution in [2.45, 2.75) is 6.61 Å². The smallest absolute Gasteiger partial charge is 0.248 e. The van der Waals surface area contributed by atoms with Crippen molar-refractivity contribution in [1.82, 2.24) is 0 Å². The Morgan fingerprint density at radius 2 is 1.89 bits per heavy atom. The zero-order chi connectivity index (χ0) is 13.8. The first-order valence-electron chi connectivity index (χ1n) is 5.53. The van der Waals surface area contributed by atoms with E-state index in [9.17, 15) is 9.18 Å². The Hall–Kier alpha value is -1.88. The summed E-state index contributed by atoms with van der Waals surface area (Å²) in [4.78, 5) is 10.9. The molecule has 0 saturated heterocycles. The number of benzene rings is 2. The van der Waals surface area contributed by atoms with Crippen LogP contribution in [0.15, 0.2) is 46.9 Å². The van der Waals surface area contributed by atoms with E-state index in [2.05, 4.69) is 15.9 Å². The van der Waals surface area contributed by atoms with Crippen molar-refractivity contribution < 1.29 is 13.9 Å². The fraction of sp³-hybridized carbons (Fsp3) is 0.0714. The SMILES string of the molecule is NC(=O)c1ccc(COc2ccc(Br)cc2F)cc1. The quantitative estimate of drug-likeness (QED) is 0.938. The second kappa shape index (κ2) is 5.84. The summed E-state index contributed by atoms with van der Waals surface area (Å²) < 4.78 is 19.5. The Kier molecular flexibility index (Phi) is 4.16. The van der Waals surface area contributed by atoms with E-state index in [0.717, 1.165) is 5.56 Å². The van der Waals surface area contributed by atoms with Crippen LogP contribution in [0, 0.1) is 5.82 Å². The standard InChI is InChI=1S/C14H11BrFNO2/c15-11-5-6-13(12(16)7-11)19-8-9-1-3-10(4-2-9)14(17)18/h1-7H,8H2,(H2,17,18). The maximum atomic E-state index is 13.5. The van der Waals surface area contributed by atoms with E-state index >= 15 is 0 Å². The number of hydrogen-bond acceptors (Lipinski definition) is 2. The third kappa shape index (κ3) is 3.54. The van der Waals surface area contributed by atoms with Crippen LogP contribution in [-0.2, 0) is 6.61 Å². The zero-order valence-electron chi connectivity index (χ0n) is 9.90. The molecular weight excluding hydrogens is 313 g/mol. The van der Waals surface area contributed by atoms with Gasteiger partial charge in [0.2, 0.25) is 5.91 Å². The van der Waals surface area contributed by atoms with Crippen molar-refractivity contribution in [2.75, 3.05) is 0 Å². The highest BCUT2D eigenvalue weighted by Crippen LogP contribution is 2.22. The first-order chi connectivity index (χ1) is 9.06. The molecule has 0 atom stereocenters. The van der Waals surface area contributed by atoms with Crippen molar-refractivity contribution in [3.8, 4) is 5.75 Å². The van der Waals surface area contributed by atoms with E-state index in [1.54, 1.807) is 36.4 Å². The van der Waals surface area contributed by atoms with E-state index in [0.29, 0.717) is 10.0 Å². The molecule has 0 aliphatic heterocycles.